The molecule has 156 valence electrons. The lowest BCUT2D eigenvalue weighted by atomic mass is 10.1. The van der Waals surface area contributed by atoms with Crippen molar-refractivity contribution in [2.24, 2.45) is 0 Å². The number of aromatic nitrogens is 4. The second kappa shape index (κ2) is 8.71. The number of hydrogen-bond acceptors (Lipinski definition) is 6. The highest BCUT2D eigenvalue weighted by Gasteiger charge is 2.33. The van der Waals surface area contributed by atoms with Crippen LogP contribution in [0.5, 0.6) is 0 Å². The van der Waals surface area contributed by atoms with Crippen molar-refractivity contribution in [1.82, 2.24) is 19.3 Å². The van der Waals surface area contributed by atoms with Crippen LogP contribution in [-0.2, 0) is 22.9 Å². The number of nitrogens with zero attached hydrogens (tertiary/aromatic N) is 4. The first-order valence-electron chi connectivity index (χ1n) is 9.45. The number of hydrogen-bond donors (Lipinski definition) is 0. The van der Waals surface area contributed by atoms with Gasteiger partial charge in [-0.3, -0.25) is 4.79 Å². The van der Waals surface area contributed by atoms with Crippen molar-refractivity contribution in [3.05, 3.63) is 54.2 Å². The fourth-order valence-corrected chi connectivity index (χ4v) is 6.29. The smallest absolute Gasteiger partial charge is 0.191 e. The fraction of sp³-hybridized carbons (Fsp3) is 0.450. The van der Waals surface area contributed by atoms with Gasteiger partial charge in [-0.2, -0.15) is 0 Å². The van der Waals surface area contributed by atoms with Gasteiger partial charge in [0.1, 0.15) is 5.82 Å². The van der Waals surface area contributed by atoms with Crippen molar-refractivity contribution < 1.29 is 13.2 Å². The van der Waals surface area contributed by atoms with Crippen LogP contribution >= 0.6 is 11.8 Å². The van der Waals surface area contributed by atoms with E-state index in [0.717, 1.165) is 11.4 Å². The van der Waals surface area contributed by atoms with Gasteiger partial charge in [0, 0.05) is 36.0 Å². The summed E-state index contributed by atoms with van der Waals surface area (Å²) in [5, 5.41) is 9.09. The van der Waals surface area contributed by atoms with Crippen molar-refractivity contribution in [3.63, 3.8) is 0 Å². The second-order valence-electron chi connectivity index (χ2n) is 7.24. The Morgan fingerprint density at radius 1 is 1.24 bits per heavy atom. The zero-order valence-electron chi connectivity index (χ0n) is 16.8. The number of carbonyl (C=O) groups excluding carboxylic acids is 1. The lowest BCUT2D eigenvalue weighted by Gasteiger charge is -2.11. The average molecular weight is 435 g/mol. The van der Waals surface area contributed by atoms with Gasteiger partial charge in [-0.15, -0.1) is 23.4 Å². The molecule has 0 aliphatic carbocycles. The highest BCUT2D eigenvalue weighted by Crippen LogP contribution is 2.30. The monoisotopic (exact) mass is 434 g/mol. The summed E-state index contributed by atoms with van der Waals surface area (Å²) < 4.78 is 27.6. The molecule has 3 rings (SSSR count). The Bertz CT molecular complexity index is 1050. The van der Waals surface area contributed by atoms with E-state index >= 15 is 0 Å². The summed E-state index contributed by atoms with van der Waals surface area (Å²) in [6.07, 6.45) is 4.09. The molecule has 1 unspecified atom stereocenters. The molecular weight excluding hydrogens is 408 g/mol. The minimum atomic E-state index is -3.02. The maximum atomic E-state index is 12.8. The zero-order chi connectivity index (χ0) is 21.2. The van der Waals surface area contributed by atoms with Crippen LogP contribution in [0.25, 0.3) is 0 Å². The van der Waals surface area contributed by atoms with E-state index in [-0.39, 0.29) is 29.0 Å². The van der Waals surface area contributed by atoms with E-state index in [1.54, 1.807) is 6.08 Å². The maximum absolute atomic E-state index is 12.8. The molecule has 0 amide bonds. The maximum Gasteiger partial charge on any atom is 0.191 e. The normalized spacial score (nSPS) is 18.1. The van der Waals surface area contributed by atoms with E-state index in [1.165, 1.54) is 11.8 Å². The molecule has 0 spiro atoms. The molecular formula is C20H26N4O3S2. The highest BCUT2D eigenvalue weighted by molar-refractivity contribution is 7.99. The largest absolute Gasteiger partial charge is 0.345 e. The Kier molecular flexibility index (Phi) is 6.48. The number of ketones is 1. The highest BCUT2D eigenvalue weighted by atomic mass is 32.2. The summed E-state index contributed by atoms with van der Waals surface area (Å²) in [4.78, 5) is 12.8. The molecule has 0 saturated carbocycles. The van der Waals surface area contributed by atoms with Gasteiger partial charge < -0.3 is 9.13 Å². The van der Waals surface area contributed by atoms with Gasteiger partial charge in [-0.1, -0.05) is 23.9 Å². The standard InChI is InChI=1S/C20H26N4O3S2/c1-5-8-23-14(3)11-17(15(23)4)18(25)12-28-20-22-21-19(24(20)9-6-2)16-7-10-29(26,27)13-16/h5-6,11,16H,1-2,7-10,12-13H2,3-4H3. The first-order chi connectivity index (χ1) is 13.8. The van der Waals surface area contributed by atoms with Crippen molar-refractivity contribution in [1.29, 1.82) is 0 Å². The number of thioether (sulfide) groups is 1. The van der Waals surface area contributed by atoms with E-state index < -0.39 is 9.84 Å². The predicted molar refractivity (Wildman–Crippen MR) is 115 cm³/mol. The van der Waals surface area contributed by atoms with Crippen molar-refractivity contribution in [2.45, 2.75) is 44.4 Å². The summed E-state index contributed by atoms with van der Waals surface area (Å²) >= 11 is 1.32. The molecule has 1 atom stereocenters. The number of Topliss-reactive ketones (excluding diaryl/α,β-unsaturated/α-hetero) is 1. The molecule has 1 aliphatic rings. The number of allylic oxidation sites excluding steroid dienone is 2. The third-order valence-electron chi connectivity index (χ3n) is 5.17. The molecule has 2 aromatic rings. The molecule has 0 radical (unpaired) electrons. The minimum absolute atomic E-state index is 0.0246. The van der Waals surface area contributed by atoms with Gasteiger partial charge in [0.2, 0.25) is 0 Å². The molecule has 1 fully saturated rings. The molecule has 1 aliphatic heterocycles. The molecule has 29 heavy (non-hydrogen) atoms. The summed E-state index contributed by atoms with van der Waals surface area (Å²) in [7, 11) is -3.02. The van der Waals surface area contributed by atoms with Crippen LogP contribution in [0.1, 0.15) is 39.9 Å². The average Bonchev–Trinajstić information content (AvgIpc) is 3.31. The van der Waals surface area contributed by atoms with Gasteiger partial charge in [-0.25, -0.2) is 8.42 Å². The summed E-state index contributed by atoms with van der Waals surface area (Å²) in [5.41, 5.74) is 2.65. The zero-order valence-corrected chi connectivity index (χ0v) is 18.4. The fourth-order valence-electron chi connectivity index (χ4n) is 3.71. The number of aryl methyl sites for hydroxylation is 1. The Morgan fingerprint density at radius 2 is 1.93 bits per heavy atom. The lowest BCUT2D eigenvalue weighted by molar-refractivity contribution is 0.102. The Balaban J connectivity index is 1.77. The number of sulfone groups is 1. The molecule has 0 aromatic carbocycles. The van der Waals surface area contributed by atoms with Gasteiger partial charge in [0.25, 0.3) is 0 Å². The van der Waals surface area contributed by atoms with Gasteiger partial charge >= 0.3 is 0 Å². The third-order valence-corrected chi connectivity index (χ3v) is 7.91. The van der Waals surface area contributed by atoms with Crippen LogP contribution in [0.15, 0.2) is 36.5 Å². The Labute approximate surface area is 175 Å². The van der Waals surface area contributed by atoms with E-state index in [4.69, 9.17) is 0 Å². The van der Waals surface area contributed by atoms with E-state index in [2.05, 4.69) is 27.9 Å². The first-order valence-corrected chi connectivity index (χ1v) is 12.3. The first kappa shape index (κ1) is 21.6. The van der Waals surface area contributed by atoms with Gasteiger partial charge in [0.15, 0.2) is 20.8 Å². The Morgan fingerprint density at radius 3 is 2.55 bits per heavy atom. The number of carbonyl (C=O) groups is 1. The summed E-state index contributed by atoms with van der Waals surface area (Å²) in [6.45, 7) is 12.6. The van der Waals surface area contributed by atoms with Crippen molar-refractivity contribution in [3.8, 4) is 0 Å². The molecule has 1 saturated heterocycles. The predicted octanol–water partition coefficient (Wildman–Crippen LogP) is 2.95. The molecule has 2 aromatic heterocycles. The quantitative estimate of drug-likeness (QED) is 0.343. The van der Waals surface area contributed by atoms with E-state index in [9.17, 15) is 13.2 Å². The van der Waals surface area contributed by atoms with Crippen LogP contribution in [0.4, 0.5) is 0 Å². The summed E-state index contributed by atoms with van der Waals surface area (Å²) in [6, 6.07) is 1.91. The molecule has 7 nitrogen and oxygen atoms in total. The van der Waals surface area contributed by atoms with Crippen molar-refractivity contribution >= 4 is 27.4 Å². The molecule has 0 N–H and O–H groups in total. The second-order valence-corrected chi connectivity index (χ2v) is 10.4. The lowest BCUT2D eigenvalue weighted by Crippen LogP contribution is -2.12. The molecule has 0 bridgehead atoms. The minimum Gasteiger partial charge on any atom is -0.345 e. The van der Waals surface area contributed by atoms with E-state index in [1.807, 2.05) is 30.6 Å². The number of rotatable bonds is 9. The summed E-state index contributed by atoms with van der Waals surface area (Å²) in [5.74, 6) is 1.04. The van der Waals surface area contributed by atoms with Crippen LogP contribution in [0.3, 0.4) is 0 Å². The molecule has 3 heterocycles. The van der Waals surface area contributed by atoms with Crippen LogP contribution < -0.4 is 0 Å². The molecule has 9 heteroatoms. The third kappa shape index (κ3) is 4.56. The van der Waals surface area contributed by atoms with Crippen LogP contribution in [0, 0.1) is 13.8 Å². The Hall–Kier alpha value is -2.13. The van der Waals surface area contributed by atoms with Crippen LogP contribution in [0.2, 0.25) is 0 Å². The topological polar surface area (TPSA) is 86.8 Å². The SMILES string of the molecule is C=CCn1c(SCC(=O)c2cc(C)n(CC=C)c2C)nnc1C1CCS(=O)(=O)C1. The van der Waals surface area contributed by atoms with Gasteiger partial charge in [-0.05, 0) is 26.3 Å². The van der Waals surface area contributed by atoms with E-state index in [0.29, 0.717) is 36.1 Å². The van der Waals surface area contributed by atoms with Gasteiger partial charge in [0.05, 0.1) is 17.3 Å². The van der Waals surface area contributed by atoms with Crippen molar-refractivity contribution in [2.75, 3.05) is 17.3 Å². The van der Waals surface area contributed by atoms with Crippen LogP contribution in [-0.4, -0.2) is 50.8 Å².